The molecule has 1 aliphatic carbocycles. The molecule has 0 aromatic carbocycles. The van der Waals surface area contributed by atoms with Gasteiger partial charge in [0.15, 0.2) is 0 Å². The molecule has 2 aliphatic rings. The van der Waals surface area contributed by atoms with Crippen molar-refractivity contribution in [2.24, 2.45) is 0 Å². The van der Waals surface area contributed by atoms with Gasteiger partial charge in [-0.15, -0.1) is 12.4 Å². The average Bonchev–Trinajstić information content (AvgIpc) is 2.88. The van der Waals surface area contributed by atoms with Crippen molar-refractivity contribution in [2.75, 3.05) is 6.54 Å². The first kappa shape index (κ1) is 17.8. The second-order valence-corrected chi connectivity index (χ2v) is 6.14. The fourth-order valence-corrected chi connectivity index (χ4v) is 3.30. The summed E-state index contributed by atoms with van der Waals surface area (Å²) >= 11 is 0. The summed E-state index contributed by atoms with van der Waals surface area (Å²) in [5.41, 5.74) is 0.0257. The van der Waals surface area contributed by atoms with E-state index in [9.17, 15) is 4.79 Å². The number of likely N-dealkylation sites (tertiary alicyclic amines) is 1. The van der Waals surface area contributed by atoms with Gasteiger partial charge in [-0.3, -0.25) is 4.79 Å². The fourth-order valence-electron chi connectivity index (χ4n) is 3.30. The first-order chi connectivity index (χ1) is 9.59. The number of carbonyl (C=O) groups is 1. The molecule has 116 valence electrons. The third-order valence-corrected chi connectivity index (χ3v) is 4.59. The number of amides is 1. The predicted octanol–water partition coefficient (Wildman–Crippen LogP) is 2.13. The van der Waals surface area contributed by atoms with Crippen molar-refractivity contribution in [1.82, 2.24) is 10.2 Å². The Labute approximate surface area is 132 Å². The van der Waals surface area contributed by atoms with Gasteiger partial charge in [-0.1, -0.05) is 19.3 Å². The first-order valence-electron chi connectivity index (χ1n) is 7.45. The highest BCUT2D eigenvalue weighted by molar-refractivity contribution is 5.85. The molecule has 1 amide bonds. The third kappa shape index (κ3) is 4.09. The quantitative estimate of drug-likeness (QED) is 0.866. The smallest absolute Gasteiger partial charge is 0.238 e. The van der Waals surface area contributed by atoms with Crippen molar-refractivity contribution in [3.63, 3.8) is 0 Å². The fraction of sp³-hybridized carbons (Fsp3) is 0.800. The maximum Gasteiger partial charge on any atom is 0.238 e. The molecule has 0 aromatic heterocycles. The van der Waals surface area contributed by atoms with Crippen LogP contribution in [-0.2, 0) is 4.79 Å². The molecule has 2 atom stereocenters. The van der Waals surface area contributed by atoms with Gasteiger partial charge in [0.05, 0.1) is 18.7 Å². The second-order valence-electron chi connectivity index (χ2n) is 6.14. The van der Waals surface area contributed by atoms with E-state index in [2.05, 4.69) is 24.4 Å². The van der Waals surface area contributed by atoms with Crippen LogP contribution in [0, 0.1) is 22.7 Å². The molecular weight excluding hydrogens is 288 g/mol. The van der Waals surface area contributed by atoms with Crippen LogP contribution in [-0.4, -0.2) is 35.0 Å². The highest BCUT2D eigenvalue weighted by Gasteiger charge is 2.37. The Kier molecular flexibility index (Phi) is 6.45. The SMILES string of the molecule is CC1(NCC(=O)N2[C@H](C#N)CC[C@@H]2C#N)CCCCC1.Cl. The van der Waals surface area contributed by atoms with Gasteiger partial charge in [-0.2, -0.15) is 10.5 Å². The Morgan fingerprint density at radius 2 is 1.71 bits per heavy atom. The molecule has 1 N–H and O–H groups in total. The molecule has 2 rings (SSSR count). The van der Waals surface area contributed by atoms with Crippen LogP contribution in [0.4, 0.5) is 0 Å². The molecule has 1 saturated carbocycles. The highest BCUT2D eigenvalue weighted by Crippen LogP contribution is 2.28. The Morgan fingerprint density at radius 1 is 1.19 bits per heavy atom. The molecule has 0 unspecified atom stereocenters. The van der Waals surface area contributed by atoms with Crippen molar-refractivity contribution >= 4 is 18.3 Å². The van der Waals surface area contributed by atoms with Gasteiger partial charge in [-0.05, 0) is 32.6 Å². The van der Waals surface area contributed by atoms with E-state index in [0.717, 1.165) is 12.8 Å². The highest BCUT2D eigenvalue weighted by atomic mass is 35.5. The van der Waals surface area contributed by atoms with Gasteiger partial charge >= 0.3 is 0 Å². The van der Waals surface area contributed by atoms with E-state index < -0.39 is 12.1 Å². The van der Waals surface area contributed by atoms with Crippen molar-refractivity contribution < 1.29 is 4.79 Å². The summed E-state index contributed by atoms with van der Waals surface area (Å²) in [5, 5.41) is 21.5. The van der Waals surface area contributed by atoms with Crippen LogP contribution in [0.5, 0.6) is 0 Å². The molecule has 6 heteroatoms. The summed E-state index contributed by atoms with van der Waals surface area (Å²) in [6.07, 6.45) is 7.05. The number of nitrogens with one attached hydrogen (secondary N) is 1. The summed E-state index contributed by atoms with van der Waals surface area (Å²) in [6.45, 7) is 2.39. The van der Waals surface area contributed by atoms with Gasteiger partial charge in [0.25, 0.3) is 0 Å². The monoisotopic (exact) mass is 310 g/mol. The number of hydrogen-bond acceptors (Lipinski definition) is 4. The standard InChI is InChI=1S/C15H22N4O.ClH/c1-15(7-3-2-4-8-15)18-11-14(20)19-12(9-16)5-6-13(19)10-17;/h12-13,18H,2-8,11H2,1H3;1H/t12-,13+;. The van der Waals surface area contributed by atoms with E-state index in [0.29, 0.717) is 12.8 Å². The van der Waals surface area contributed by atoms with Gasteiger partial charge in [-0.25, -0.2) is 0 Å². The maximum atomic E-state index is 12.3. The minimum atomic E-state index is -0.437. The lowest BCUT2D eigenvalue weighted by Gasteiger charge is -2.35. The van der Waals surface area contributed by atoms with E-state index in [-0.39, 0.29) is 30.4 Å². The number of nitrogens with zero attached hydrogens (tertiary/aromatic N) is 3. The molecule has 0 spiro atoms. The molecule has 5 nitrogen and oxygen atoms in total. The van der Waals surface area contributed by atoms with E-state index >= 15 is 0 Å². The van der Waals surface area contributed by atoms with Crippen molar-refractivity contribution in [3.05, 3.63) is 0 Å². The molecule has 2 fully saturated rings. The van der Waals surface area contributed by atoms with Crippen LogP contribution >= 0.6 is 12.4 Å². The molecule has 0 radical (unpaired) electrons. The van der Waals surface area contributed by atoms with Crippen molar-refractivity contribution in [1.29, 1.82) is 10.5 Å². The minimum Gasteiger partial charge on any atom is -0.310 e. The molecule has 0 aromatic rings. The Bertz CT molecular complexity index is 426. The molecule has 1 aliphatic heterocycles. The van der Waals surface area contributed by atoms with E-state index in [4.69, 9.17) is 10.5 Å². The normalized spacial score (nSPS) is 27.3. The average molecular weight is 311 g/mol. The number of nitriles is 2. The molecule has 1 heterocycles. The largest absolute Gasteiger partial charge is 0.310 e. The lowest BCUT2D eigenvalue weighted by Crippen LogP contribution is -2.51. The van der Waals surface area contributed by atoms with E-state index in [1.165, 1.54) is 24.2 Å². The zero-order valence-corrected chi connectivity index (χ0v) is 13.3. The first-order valence-corrected chi connectivity index (χ1v) is 7.45. The Morgan fingerprint density at radius 3 is 2.19 bits per heavy atom. The zero-order valence-electron chi connectivity index (χ0n) is 12.5. The van der Waals surface area contributed by atoms with Gasteiger partial charge in [0.1, 0.15) is 12.1 Å². The van der Waals surface area contributed by atoms with E-state index in [1.807, 2.05) is 0 Å². The summed E-state index contributed by atoms with van der Waals surface area (Å²) < 4.78 is 0. The topological polar surface area (TPSA) is 79.9 Å². The number of carbonyl (C=O) groups excluding carboxylic acids is 1. The van der Waals surface area contributed by atoms with Gasteiger partial charge < -0.3 is 10.2 Å². The molecule has 0 bridgehead atoms. The van der Waals surface area contributed by atoms with Crippen LogP contribution in [0.15, 0.2) is 0 Å². The maximum absolute atomic E-state index is 12.3. The molecule has 1 saturated heterocycles. The summed E-state index contributed by atoms with van der Waals surface area (Å²) in [6, 6.07) is 3.39. The predicted molar refractivity (Wildman–Crippen MR) is 81.6 cm³/mol. The number of halogens is 1. The summed E-state index contributed by atoms with van der Waals surface area (Å²) in [5.74, 6) is -0.118. The lowest BCUT2D eigenvalue weighted by atomic mass is 9.83. The number of rotatable bonds is 3. The Balaban J connectivity index is 0.00000220. The lowest BCUT2D eigenvalue weighted by molar-refractivity contribution is -0.131. The van der Waals surface area contributed by atoms with Crippen LogP contribution in [0.3, 0.4) is 0 Å². The third-order valence-electron chi connectivity index (χ3n) is 4.59. The second kappa shape index (κ2) is 7.64. The Hall–Kier alpha value is -1.30. The zero-order chi connectivity index (χ0) is 14.6. The summed E-state index contributed by atoms with van der Waals surface area (Å²) in [4.78, 5) is 13.8. The minimum absolute atomic E-state index is 0. The van der Waals surface area contributed by atoms with Crippen LogP contribution in [0.2, 0.25) is 0 Å². The summed E-state index contributed by atoms with van der Waals surface area (Å²) in [7, 11) is 0. The van der Waals surface area contributed by atoms with Gasteiger partial charge in [0, 0.05) is 5.54 Å². The van der Waals surface area contributed by atoms with Crippen LogP contribution < -0.4 is 5.32 Å². The van der Waals surface area contributed by atoms with Crippen molar-refractivity contribution in [2.45, 2.75) is 69.5 Å². The molecule has 21 heavy (non-hydrogen) atoms. The van der Waals surface area contributed by atoms with Crippen molar-refractivity contribution in [3.8, 4) is 12.1 Å². The van der Waals surface area contributed by atoms with E-state index in [1.54, 1.807) is 0 Å². The van der Waals surface area contributed by atoms with Gasteiger partial charge in [0.2, 0.25) is 5.91 Å². The van der Waals surface area contributed by atoms with Crippen LogP contribution in [0.25, 0.3) is 0 Å². The number of hydrogen-bond donors (Lipinski definition) is 1. The van der Waals surface area contributed by atoms with Crippen LogP contribution in [0.1, 0.15) is 51.9 Å². The molecular formula is C15H23ClN4O.